The van der Waals surface area contributed by atoms with Crippen LogP contribution in [0, 0.1) is 0 Å². The van der Waals surface area contributed by atoms with Crippen LogP contribution in [0.5, 0.6) is 5.75 Å². The van der Waals surface area contributed by atoms with Crippen molar-refractivity contribution < 1.29 is 14.1 Å². The fraction of sp³-hybridized carbons (Fsp3) is 0.0667. The zero-order chi connectivity index (χ0) is 12.8. The summed E-state index contributed by atoms with van der Waals surface area (Å²) in [4.78, 5) is 11.9. The van der Waals surface area contributed by atoms with Crippen molar-refractivity contribution in [2.75, 3.05) is 7.11 Å². The van der Waals surface area contributed by atoms with Crippen molar-refractivity contribution in [1.29, 1.82) is 0 Å². The van der Waals surface area contributed by atoms with E-state index in [1.807, 2.05) is 35.2 Å². The summed E-state index contributed by atoms with van der Waals surface area (Å²) in [6.07, 6.45) is 7.02. The molecule has 0 atom stereocenters. The number of carbonyl (C=O) groups excluding carboxylic acids is 1. The average molecular weight is 240 g/mol. The van der Waals surface area contributed by atoms with Crippen molar-refractivity contribution in [3.8, 4) is 5.75 Å². The van der Waals surface area contributed by atoms with Crippen LogP contribution in [0.15, 0.2) is 60.9 Å². The highest BCUT2D eigenvalue weighted by molar-refractivity contribution is 6.05. The summed E-state index contributed by atoms with van der Waals surface area (Å²) < 4.78 is 6.87. The molecule has 90 valence electrons. The number of methoxy groups -OCH3 is 1. The lowest BCUT2D eigenvalue weighted by atomic mass is 10.1. The van der Waals surface area contributed by atoms with Gasteiger partial charge in [0.1, 0.15) is 5.75 Å². The molecule has 0 aliphatic heterocycles. The van der Waals surface area contributed by atoms with Gasteiger partial charge in [0.15, 0.2) is 24.4 Å². The van der Waals surface area contributed by atoms with E-state index in [1.165, 1.54) is 0 Å². The molecule has 0 bridgehead atoms. The smallest absolute Gasteiger partial charge is 0.191 e. The lowest BCUT2D eigenvalue weighted by molar-refractivity contribution is -0.568. The molecule has 2 aromatic rings. The first-order valence-electron chi connectivity index (χ1n) is 5.62. The number of hydrogen-bond acceptors (Lipinski definition) is 2. The molecule has 18 heavy (non-hydrogen) atoms. The van der Waals surface area contributed by atoms with Gasteiger partial charge in [0.2, 0.25) is 0 Å². The van der Waals surface area contributed by atoms with Crippen LogP contribution in [-0.2, 0) is 0 Å². The lowest BCUT2D eigenvalue weighted by Gasteiger charge is -1.99. The maximum atomic E-state index is 11.9. The summed E-state index contributed by atoms with van der Waals surface area (Å²) in [5.41, 5.74) is 0.642. The van der Waals surface area contributed by atoms with Crippen LogP contribution < -0.4 is 9.30 Å². The van der Waals surface area contributed by atoms with E-state index >= 15 is 0 Å². The molecule has 3 nitrogen and oxygen atoms in total. The van der Waals surface area contributed by atoms with E-state index in [0.29, 0.717) is 5.56 Å². The first-order valence-corrected chi connectivity index (χ1v) is 5.62. The molecule has 0 aliphatic carbocycles. The number of hydrogen-bond donors (Lipinski definition) is 0. The number of allylic oxidation sites excluding steroid dienone is 1. The number of carbonyl (C=O) groups is 1. The number of pyridine rings is 1. The molecule has 0 aliphatic rings. The molecule has 0 spiro atoms. The fourth-order valence-electron chi connectivity index (χ4n) is 1.52. The second-order valence-electron chi connectivity index (χ2n) is 3.73. The highest BCUT2D eigenvalue weighted by Gasteiger charge is 2.03. The molecule has 0 fully saturated rings. The minimum atomic E-state index is -0.0333. The van der Waals surface area contributed by atoms with E-state index in [1.54, 1.807) is 43.7 Å². The van der Waals surface area contributed by atoms with Crippen molar-refractivity contribution in [3.63, 3.8) is 0 Å². The van der Waals surface area contributed by atoms with Crippen LogP contribution in [0.25, 0.3) is 6.20 Å². The van der Waals surface area contributed by atoms with E-state index in [2.05, 4.69) is 0 Å². The highest BCUT2D eigenvalue weighted by Crippen LogP contribution is 2.11. The van der Waals surface area contributed by atoms with Crippen LogP contribution >= 0.6 is 0 Å². The fourth-order valence-corrected chi connectivity index (χ4v) is 1.52. The molecule has 0 amide bonds. The summed E-state index contributed by atoms with van der Waals surface area (Å²) in [5.74, 6) is 0.710. The first-order chi connectivity index (χ1) is 8.79. The Morgan fingerprint density at radius 1 is 1.11 bits per heavy atom. The van der Waals surface area contributed by atoms with E-state index in [4.69, 9.17) is 4.74 Å². The molecule has 0 unspecified atom stereocenters. The average Bonchev–Trinajstić information content (AvgIpc) is 2.46. The van der Waals surface area contributed by atoms with Crippen molar-refractivity contribution in [2.45, 2.75) is 0 Å². The Bertz CT molecular complexity index is 544. The van der Waals surface area contributed by atoms with Gasteiger partial charge >= 0.3 is 0 Å². The highest BCUT2D eigenvalue weighted by atomic mass is 16.5. The molecule has 0 saturated carbocycles. The van der Waals surface area contributed by atoms with Gasteiger partial charge < -0.3 is 4.74 Å². The number of ketones is 1. The van der Waals surface area contributed by atoms with Crippen molar-refractivity contribution in [2.24, 2.45) is 0 Å². The molecular formula is C15H14NO2+. The summed E-state index contributed by atoms with van der Waals surface area (Å²) in [6, 6.07) is 12.8. The number of benzene rings is 1. The maximum Gasteiger partial charge on any atom is 0.191 e. The first kappa shape index (κ1) is 12.0. The van der Waals surface area contributed by atoms with Crippen molar-refractivity contribution >= 4 is 12.0 Å². The third-order valence-electron chi connectivity index (χ3n) is 2.51. The summed E-state index contributed by atoms with van der Waals surface area (Å²) in [5, 5.41) is 0. The zero-order valence-electron chi connectivity index (χ0n) is 10.1. The van der Waals surface area contributed by atoms with Crippen LogP contribution in [0.4, 0.5) is 0 Å². The summed E-state index contributed by atoms with van der Waals surface area (Å²) in [6.45, 7) is 0. The Morgan fingerprint density at radius 3 is 2.39 bits per heavy atom. The van der Waals surface area contributed by atoms with Gasteiger partial charge in [0, 0.05) is 17.7 Å². The van der Waals surface area contributed by atoms with Crippen LogP contribution in [-0.4, -0.2) is 12.9 Å². The molecule has 0 N–H and O–H groups in total. The number of ether oxygens (including phenoxy) is 1. The SMILES string of the molecule is COc1ccc(C(=O)C=C[n+]2ccccc2)cc1. The van der Waals surface area contributed by atoms with Gasteiger partial charge in [-0.2, -0.15) is 4.57 Å². The van der Waals surface area contributed by atoms with Gasteiger partial charge in [0.25, 0.3) is 0 Å². The van der Waals surface area contributed by atoms with Gasteiger partial charge in [0.05, 0.1) is 13.2 Å². The molecular weight excluding hydrogens is 226 g/mol. The predicted octanol–water partition coefficient (Wildman–Crippen LogP) is 2.34. The molecule has 0 radical (unpaired) electrons. The summed E-state index contributed by atoms with van der Waals surface area (Å²) in [7, 11) is 1.60. The Hall–Kier alpha value is -2.42. The third-order valence-corrected chi connectivity index (χ3v) is 2.51. The molecule has 0 saturated heterocycles. The van der Waals surface area contributed by atoms with Crippen molar-refractivity contribution in [1.82, 2.24) is 0 Å². The van der Waals surface area contributed by atoms with Crippen LogP contribution in [0.1, 0.15) is 10.4 Å². The van der Waals surface area contributed by atoms with E-state index < -0.39 is 0 Å². The van der Waals surface area contributed by atoms with Gasteiger partial charge in [-0.05, 0) is 24.3 Å². The standard InChI is InChI=1S/C15H14NO2/c1-18-14-7-5-13(6-8-14)15(17)9-12-16-10-3-2-4-11-16/h2-12H,1H3/q+1. The molecule has 3 heteroatoms. The second-order valence-corrected chi connectivity index (χ2v) is 3.73. The van der Waals surface area contributed by atoms with E-state index in [-0.39, 0.29) is 5.78 Å². The van der Waals surface area contributed by atoms with Gasteiger partial charge in [-0.25, -0.2) is 0 Å². The molecule has 1 aromatic heterocycles. The molecule has 2 rings (SSSR count). The van der Waals surface area contributed by atoms with Crippen LogP contribution in [0.2, 0.25) is 0 Å². The predicted molar refractivity (Wildman–Crippen MR) is 69.3 cm³/mol. The number of rotatable bonds is 4. The summed E-state index contributed by atoms with van der Waals surface area (Å²) >= 11 is 0. The van der Waals surface area contributed by atoms with Crippen LogP contribution in [0.3, 0.4) is 0 Å². The molecule has 1 aromatic carbocycles. The normalized spacial score (nSPS) is 10.5. The second kappa shape index (κ2) is 5.77. The van der Waals surface area contributed by atoms with E-state index in [0.717, 1.165) is 5.75 Å². The molecule has 1 heterocycles. The lowest BCUT2D eigenvalue weighted by Crippen LogP contribution is -2.23. The number of nitrogens with zero attached hydrogens (tertiary/aromatic N) is 1. The van der Waals surface area contributed by atoms with Gasteiger partial charge in [-0.3, -0.25) is 4.79 Å². The maximum absolute atomic E-state index is 11.9. The van der Waals surface area contributed by atoms with Gasteiger partial charge in [-0.1, -0.05) is 6.07 Å². The monoisotopic (exact) mass is 240 g/mol. The van der Waals surface area contributed by atoms with Gasteiger partial charge in [-0.15, -0.1) is 0 Å². The minimum absolute atomic E-state index is 0.0333. The topological polar surface area (TPSA) is 30.2 Å². The van der Waals surface area contributed by atoms with Crippen molar-refractivity contribution in [3.05, 3.63) is 66.5 Å². The minimum Gasteiger partial charge on any atom is -0.497 e. The largest absolute Gasteiger partial charge is 0.497 e. The quantitative estimate of drug-likeness (QED) is 0.466. The third kappa shape index (κ3) is 3.04. The number of aromatic nitrogens is 1. The Balaban J connectivity index is 2.09. The zero-order valence-corrected chi connectivity index (χ0v) is 10.1. The van der Waals surface area contributed by atoms with E-state index in [9.17, 15) is 4.79 Å². The Labute approximate surface area is 106 Å². The Kier molecular flexibility index (Phi) is 3.86. The Morgan fingerprint density at radius 2 is 1.78 bits per heavy atom.